The average molecular weight is 411 g/mol. The zero-order valence-electron chi connectivity index (χ0n) is 17.0. The van der Waals surface area contributed by atoms with Crippen molar-refractivity contribution in [3.8, 4) is 5.75 Å². The smallest absolute Gasteiger partial charge is 0.409 e. The van der Waals surface area contributed by atoms with Crippen LogP contribution in [-0.2, 0) is 11.3 Å². The van der Waals surface area contributed by atoms with Crippen LogP contribution in [0.5, 0.6) is 5.75 Å². The van der Waals surface area contributed by atoms with Crippen LogP contribution < -0.4 is 15.4 Å². The number of benzene rings is 1. The van der Waals surface area contributed by atoms with Gasteiger partial charge in [0.2, 0.25) is 0 Å². The molecular weight excluding hydrogens is 380 g/mol. The monoisotopic (exact) mass is 410 g/mol. The first-order chi connectivity index (χ1) is 13.6. The minimum atomic E-state index is -0.229. The van der Waals surface area contributed by atoms with E-state index < -0.39 is 0 Å². The number of halogens is 1. The maximum absolute atomic E-state index is 11.8. The highest BCUT2D eigenvalue weighted by Gasteiger charge is 2.24. The molecule has 7 nitrogen and oxygen atoms in total. The van der Waals surface area contributed by atoms with E-state index in [1.165, 1.54) is 0 Å². The van der Waals surface area contributed by atoms with Crippen molar-refractivity contribution in [2.45, 2.75) is 46.2 Å². The quantitative estimate of drug-likeness (QED) is 0.532. The Balaban J connectivity index is 1.95. The Labute approximate surface area is 172 Å². The third-order valence-electron chi connectivity index (χ3n) is 4.44. The molecule has 1 aliphatic heterocycles. The number of aliphatic imine (C=N–C) groups is 1. The first-order valence-electron chi connectivity index (χ1n) is 9.95. The van der Waals surface area contributed by atoms with Gasteiger partial charge in [0.15, 0.2) is 5.96 Å². The van der Waals surface area contributed by atoms with Gasteiger partial charge in [0.25, 0.3) is 0 Å². The zero-order chi connectivity index (χ0) is 20.4. The lowest BCUT2D eigenvalue weighted by Gasteiger charge is -2.32. The molecule has 1 saturated heterocycles. The predicted molar refractivity (Wildman–Crippen MR) is 112 cm³/mol. The summed E-state index contributed by atoms with van der Waals surface area (Å²) in [4.78, 5) is 18.3. The fraction of sp³-hybridized carbons (Fsp3) is 0.600. The Morgan fingerprint density at radius 1 is 1.25 bits per heavy atom. The van der Waals surface area contributed by atoms with Crippen LogP contribution in [0.25, 0.3) is 0 Å². The Morgan fingerprint density at radius 3 is 2.64 bits per heavy atom. The predicted octanol–water partition coefficient (Wildman–Crippen LogP) is 3.41. The molecule has 0 aromatic heterocycles. The van der Waals surface area contributed by atoms with E-state index in [1.54, 1.807) is 4.90 Å². The summed E-state index contributed by atoms with van der Waals surface area (Å²) in [7, 11) is 0. The van der Waals surface area contributed by atoms with Gasteiger partial charge in [-0.1, -0.05) is 17.7 Å². The lowest BCUT2D eigenvalue weighted by Crippen LogP contribution is -2.49. The highest BCUT2D eigenvalue weighted by molar-refractivity contribution is 6.30. The van der Waals surface area contributed by atoms with Crippen LogP contribution in [-0.4, -0.2) is 55.8 Å². The standard InChI is InChI=1S/C20H31ClN4O3/c1-4-22-19(23-14-15-7-8-16(21)13-18(15)27-5-2)24-17-9-11-25(12-10-17)20(26)28-6-3/h7-8,13,17H,4-6,9-12,14H2,1-3H3,(H2,22,23,24). The second-order valence-corrected chi connectivity index (χ2v) is 6.92. The van der Waals surface area contributed by atoms with E-state index in [4.69, 9.17) is 26.1 Å². The van der Waals surface area contributed by atoms with Gasteiger partial charge in [0.05, 0.1) is 19.8 Å². The molecule has 0 unspecified atom stereocenters. The summed E-state index contributed by atoms with van der Waals surface area (Å²) < 4.78 is 10.7. The summed E-state index contributed by atoms with van der Waals surface area (Å²) in [6.45, 7) is 9.41. The summed E-state index contributed by atoms with van der Waals surface area (Å²) >= 11 is 6.07. The molecule has 0 radical (unpaired) electrons. The molecule has 0 aliphatic carbocycles. The maximum atomic E-state index is 11.8. The van der Waals surface area contributed by atoms with Gasteiger partial charge in [0, 0.05) is 36.3 Å². The molecule has 0 bridgehead atoms. The van der Waals surface area contributed by atoms with Gasteiger partial charge in [-0.2, -0.15) is 0 Å². The summed E-state index contributed by atoms with van der Waals surface area (Å²) in [6, 6.07) is 5.88. The maximum Gasteiger partial charge on any atom is 0.409 e. The Hall–Kier alpha value is -2.15. The molecule has 156 valence electrons. The van der Waals surface area contributed by atoms with Gasteiger partial charge in [-0.25, -0.2) is 9.79 Å². The molecule has 1 aliphatic rings. The number of carbonyl (C=O) groups is 1. The lowest BCUT2D eigenvalue weighted by atomic mass is 10.1. The van der Waals surface area contributed by atoms with E-state index in [-0.39, 0.29) is 12.1 Å². The second-order valence-electron chi connectivity index (χ2n) is 6.48. The number of carbonyl (C=O) groups excluding carboxylic acids is 1. The number of amides is 1. The van der Waals surface area contributed by atoms with Gasteiger partial charge in [-0.15, -0.1) is 0 Å². The number of nitrogens with zero attached hydrogens (tertiary/aromatic N) is 2. The second kappa shape index (κ2) is 11.6. The van der Waals surface area contributed by atoms with E-state index in [0.717, 1.165) is 36.7 Å². The number of guanidine groups is 1. The molecule has 2 rings (SSSR count). The molecule has 0 spiro atoms. The van der Waals surface area contributed by atoms with Crippen LogP contribution in [0.3, 0.4) is 0 Å². The average Bonchev–Trinajstić information content (AvgIpc) is 2.68. The van der Waals surface area contributed by atoms with E-state index in [9.17, 15) is 4.79 Å². The third kappa shape index (κ3) is 6.78. The van der Waals surface area contributed by atoms with Crippen molar-refractivity contribution in [1.82, 2.24) is 15.5 Å². The van der Waals surface area contributed by atoms with Crippen molar-refractivity contribution in [3.05, 3.63) is 28.8 Å². The van der Waals surface area contributed by atoms with E-state index in [2.05, 4.69) is 10.6 Å². The zero-order valence-corrected chi connectivity index (χ0v) is 17.7. The first-order valence-corrected chi connectivity index (χ1v) is 10.3. The number of nitrogens with one attached hydrogen (secondary N) is 2. The van der Waals surface area contributed by atoms with Crippen molar-refractivity contribution < 1.29 is 14.3 Å². The van der Waals surface area contributed by atoms with Crippen LogP contribution in [0.15, 0.2) is 23.2 Å². The molecule has 28 heavy (non-hydrogen) atoms. The van der Waals surface area contributed by atoms with Crippen LogP contribution in [0.4, 0.5) is 4.79 Å². The summed E-state index contributed by atoms with van der Waals surface area (Å²) in [6.07, 6.45) is 1.48. The molecule has 1 aromatic carbocycles. The van der Waals surface area contributed by atoms with E-state index in [0.29, 0.717) is 37.9 Å². The van der Waals surface area contributed by atoms with Gasteiger partial charge >= 0.3 is 6.09 Å². The fourth-order valence-electron chi connectivity index (χ4n) is 3.05. The van der Waals surface area contributed by atoms with Crippen molar-refractivity contribution in [3.63, 3.8) is 0 Å². The van der Waals surface area contributed by atoms with Crippen LogP contribution >= 0.6 is 11.6 Å². The minimum Gasteiger partial charge on any atom is -0.493 e. The molecule has 1 amide bonds. The molecule has 1 fully saturated rings. The normalized spacial score (nSPS) is 15.3. The number of rotatable bonds is 7. The van der Waals surface area contributed by atoms with Crippen molar-refractivity contribution >= 4 is 23.7 Å². The van der Waals surface area contributed by atoms with Crippen molar-refractivity contribution in [2.75, 3.05) is 32.8 Å². The van der Waals surface area contributed by atoms with Crippen LogP contribution in [0.1, 0.15) is 39.2 Å². The summed E-state index contributed by atoms with van der Waals surface area (Å²) in [5, 5.41) is 7.41. The molecular formula is C20H31ClN4O3. The molecule has 8 heteroatoms. The van der Waals surface area contributed by atoms with Gasteiger partial charge < -0.3 is 25.0 Å². The molecule has 0 atom stereocenters. The van der Waals surface area contributed by atoms with E-state index in [1.807, 2.05) is 39.0 Å². The summed E-state index contributed by atoms with van der Waals surface area (Å²) in [5.41, 5.74) is 0.987. The van der Waals surface area contributed by atoms with Crippen LogP contribution in [0.2, 0.25) is 5.02 Å². The molecule has 1 aromatic rings. The number of hydrogen-bond acceptors (Lipinski definition) is 4. The Kier molecular flexibility index (Phi) is 9.20. The Bertz CT molecular complexity index is 661. The number of piperidine rings is 1. The van der Waals surface area contributed by atoms with Gasteiger partial charge in [0.1, 0.15) is 5.75 Å². The van der Waals surface area contributed by atoms with Crippen molar-refractivity contribution in [2.24, 2.45) is 4.99 Å². The Morgan fingerprint density at radius 2 is 2.00 bits per heavy atom. The van der Waals surface area contributed by atoms with Crippen LogP contribution in [0, 0.1) is 0 Å². The topological polar surface area (TPSA) is 75.2 Å². The molecule has 2 N–H and O–H groups in total. The number of likely N-dealkylation sites (tertiary alicyclic amines) is 1. The third-order valence-corrected chi connectivity index (χ3v) is 4.68. The first kappa shape index (κ1) is 22.1. The highest BCUT2D eigenvalue weighted by Crippen LogP contribution is 2.24. The highest BCUT2D eigenvalue weighted by atomic mass is 35.5. The number of ether oxygens (including phenoxy) is 2. The fourth-order valence-corrected chi connectivity index (χ4v) is 3.21. The SMILES string of the molecule is CCNC(=NCc1ccc(Cl)cc1OCC)NC1CCN(C(=O)OCC)CC1. The summed E-state index contributed by atoms with van der Waals surface area (Å²) in [5.74, 6) is 1.52. The molecule has 1 heterocycles. The van der Waals surface area contributed by atoms with Gasteiger partial charge in [-0.3, -0.25) is 0 Å². The number of hydrogen-bond donors (Lipinski definition) is 2. The minimum absolute atomic E-state index is 0.229. The van der Waals surface area contributed by atoms with Crippen molar-refractivity contribution in [1.29, 1.82) is 0 Å². The van der Waals surface area contributed by atoms with Gasteiger partial charge in [-0.05, 0) is 45.7 Å². The largest absolute Gasteiger partial charge is 0.493 e. The van der Waals surface area contributed by atoms with E-state index >= 15 is 0 Å². The molecule has 0 saturated carbocycles. The lowest BCUT2D eigenvalue weighted by molar-refractivity contribution is 0.0963.